The van der Waals surface area contributed by atoms with E-state index in [0.717, 1.165) is 0 Å². The number of hydrogen-bond donors (Lipinski definition) is 2. The molecule has 9 heteroatoms. The second-order valence-corrected chi connectivity index (χ2v) is 7.44. The van der Waals surface area contributed by atoms with Crippen LogP contribution in [0.3, 0.4) is 0 Å². The lowest BCUT2D eigenvalue weighted by Gasteiger charge is -2.12. The van der Waals surface area contributed by atoms with Gasteiger partial charge in [0.15, 0.2) is 0 Å². The molecule has 0 saturated heterocycles. The van der Waals surface area contributed by atoms with E-state index in [1.54, 1.807) is 25.5 Å². The van der Waals surface area contributed by atoms with E-state index in [-0.39, 0.29) is 4.90 Å². The first-order chi connectivity index (χ1) is 10.2. The highest BCUT2D eigenvalue weighted by molar-refractivity contribution is 7.89. The fourth-order valence-corrected chi connectivity index (χ4v) is 3.98. The molecule has 2 rings (SSSR count). The van der Waals surface area contributed by atoms with Crippen molar-refractivity contribution < 1.29 is 8.42 Å². The van der Waals surface area contributed by atoms with Crippen LogP contribution in [0.25, 0.3) is 0 Å². The Labute approximate surface area is 130 Å². The molecule has 0 aliphatic carbocycles. The monoisotopic (exact) mass is 326 g/mol. The van der Waals surface area contributed by atoms with E-state index in [2.05, 4.69) is 38.8 Å². The number of aryl methyl sites for hydroxylation is 1. The second kappa shape index (κ2) is 6.17. The molecule has 0 aliphatic rings. The zero-order valence-corrected chi connectivity index (χ0v) is 14.3. The Hall–Kier alpha value is -1.74. The molecule has 8 nitrogen and oxygen atoms in total. The van der Waals surface area contributed by atoms with Crippen molar-refractivity contribution in [2.45, 2.75) is 52.1 Å². The van der Waals surface area contributed by atoms with Crippen molar-refractivity contribution >= 4 is 10.0 Å². The van der Waals surface area contributed by atoms with Gasteiger partial charge >= 0.3 is 0 Å². The molecule has 2 aromatic heterocycles. The molecule has 2 heterocycles. The van der Waals surface area contributed by atoms with E-state index in [1.807, 2.05) is 0 Å². The summed E-state index contributed by atoms with van der Waals surface area (Å²) in [5, 5.41) is 10.7. The van der Waals surface area contributed by atoms with Crippen LogP contribution in [0.4, 0.5) is 0 Å². The highest BCUT2D eigenvalue weighted by Gasteiger charge is 2.27. The third-order valence-corrected chi connectivity index (χ3v) is 5.09. The Bertz CT molecular complexity index is 733. The van der Waals surface area contributed by atoms with E-state index in [9.17, 15) is 8.42 Å². The number of sulfonamides is 1. The number of H-pyrrole nitrogens is 1. The number of nitrogens with one attached hydrogen (secondary N) is 2. The summed E-state index contributed by atoms with van der Waals surface area (Å²) >= 11 is 0. The van der Waals surface area contributed by atoms with Crippen LogP contribution in [0.15, 0.2) is 11.2 Å². The first-order valence-electron chi connectivity index (χ1n) is 7.14. The minimum atomic E-state index is -3.68. The Morgan fingerprint density at radius 2 is 2.00 bits per heavy atom. The molecular formula is C13H22N6O2S. The van der Waals surface area contributed by atoms with Gasteiger partial charge in [0, 0.05) is 6.54 Å². The van der Waals surface area contributed by atoms with E-state index in [1.165, 1.54) is 6.33 Å². The maximum Gasteiger partial charge on any atom is 0.244 e. The average molecular weight is 326 g/mol. The first-order valence-corrected chi connectivity index (χ1v) is 8.62. The maximum absolute atomic E-state index is 12.7. The van der Waals surface area contributed by atoms with Gasteiger partial charge in [0.05, 0.1) is 17.4 Å². The van der Waals surface area contributed by atoms with Crippen molar-refractivity contribution in [2.24, 2.45) is 5.92 Å². The molecule has 0 unspecified atom stereocenters. The summed E-state index contributed by atoms with van der Waals surface area (Å²) < 4.78 is 29.7. The number of nitrogens with zero attached hydrogens (tertiary/aromatic N) is 4. The standard InChI is InChI=1S/C13H22N6O2S/c1-8(2)6-19-11(5)12(9(3)17-19)22(20,21)18-10(4)13-14-7-15-16-13/h7-8,10,18H,6H2,1-5H3,(H,14,15,16)/t10-/m1/s1. The van der Waals surface area contributed by atoms with Crippen molar-refractivity contribution in [2.75, 3.05) is 0 Å². The highest BCUT2D eigenvalue weighted by atomic mass is 32.2. The Morgan fingerprint density at radius 1 is 1.32 bits per heavy atom. The molecule has 122 valence electrons. The highest BCUT2D eigenvalue weighted by Crippen LogP contribution is 2.22. The SMILES string of the molecule is Cc1nn(CC(C)C)c(C)c1S(=O)(=O)N[C@H](C)c1ncn[nH]1. The number of aromatic amines is 1. The van der Waals surface area contributed by atoms with E-state index < -0.39 is 16.1 Å². The van der Waals surface area contributed by atoms with Crippen LogP contribution in [0.2, 0.25) is 0 Å². The zero-order chi connectivity index (χ0) is 16.5. The molecule has 0 radical (unpaired) electrons. The van der Waals surface area contributed by atoms with Gasteiger partial charge in [0.25, 0.3) is 0 Å². The van der Waals surface area contributed by atoms with Crippen LogP contribution in [-0.2, 0) is 16.6 Å². The number of hydrogen-bond acceptors (Lipinski definition) is 5. The summed E-state index contributed by atoms with van der Waals surface area (Å²) in [5.41, 5.74) is 1.14. The Balaban J connectivity index is 2.31. The van der Waals surface area contributed by atoms with E-state index in [4.69, 9.17) is 0 Å². The third kappa shape index (κ3) is 3.36. The molecule has 22 heavy (non-hydrogen) atoms. The molecule has 0 fully saturated rings. The predicted molar refractivity (Wildman–Crippen MR) is 81.7 cm³/mol. The predicted octanol–water partition coefficient (Wildman–Crippen LogP) is 1.31. The summed E-state index contributed by atoms with van der Waals surface area (Å²) in [6, 6.07) is -0.500. The summed E-state index contributed by atoms with van der Waals surface area (Å²) in [6.45, 7) is 10.00. The maximum atomic E-state index is 12.7. The third-order valence-electron chi connectivity index (χ3n) is 3.30. The van der Waals surface area contributed by atoms with Gasteiger partial charge in [-0.1, -0.05) is 13.8 Å². The zero-order valence-electron chi connectivity index (χ0n) is 13.5. The van der Waals surface area contributed by atoms with Gasteiger partial charge < -0.3 is 0 Å². The van der Waals surface area contributed by atoms with Crippen molar-refractivity contribution in [3.63, 3.8) is 0 Å². The summed E-state index contributed by atoms with van der Waals surface area (Å²) in [6.07, 6.45) is 1.34. The summed E-state index contributed by atoms with van der Waals surface area (Å²) in [4.78, 5) is 4.20. The van der Waals surface area contributed by atoms with Crippen molar-refractivity contribution in [1.82, 2.24) is 29.7 Å². The summed E-state index contributed by atoms with van der Waals surface area (Å²) in [5.74, 6) is 0.850. The minimum absolute atomic E-state index is 0.236. The molecule has 0 aliphatic heterocycles. The quantitative estimate of drug-likeness (QED) is 0.832. The molecule has 2 N–H and O–H groups in total. The molecule has 0 aromatic carbocycles. The smallest absolute Gasteiger partial charge is 0.244 e. The van der Waals surface area contributed by atoms with Crippen LogP contribution in [0.1, 0.15) is 44.0 Å². The Morgan fingerprint density at radius 3 is 2.55 bits per heavy atom. The van der Waals surface area contributed by atoms with Gasteiger partial charge in [-0.2, -0.15) is 10.2 Å². The molecule has 0 saturated carbocycles. The van der Waals surface area contributed by atoms with Crippen molar-refractivity contribution in [1.29, 1.82) is 0 Å². The second-order valence-electron chi connectivity index (χ2n) is 5.79. The molecular weight excluding hydrogens is 304 g/mol. The van der Waals surface area contributed by atoms with Gasteiger partial charge in [-0.05, 0) is 26.7 Å². The van der Waals surface area contributed by atoms with Crippen LogP contribution < -0.4 is 4.72 Å². The lowest BCUT2D eigenvalue weighted by atomic mass is 10.2. The van der Waals surface area contributed by atoms with Gasteiger partial charge in [-0.3, -0.25) is 9.78 Å². The molecule has 0 amide bonds. The topological polar surface area (TPSA) is 106 Å². The van der Waals surface area contributed by atoms with Gasteiger partial charge in [-0.25, -0.2) is 18.1 Å². The number of aromatic nitrogens is 5. The minimum Gasteiger partial charge on any atom is -0.268 e. The van der Waals surface area contributed by atoms with Crippen LogP contribution in [0.5, 0.6) is 0 Å². The Kier molecular flexibility index (Phi) is 4.66. The first kappa shape index (κ1) is 16.6. The van der Waals surface area contributed by atoms with Gasteiger partial charge in [-0.15, -0.1) is 0 Å². The van der Waals surface area contributed by atoms with E-state index >= 15 is 0 Å². The van der Waals surface area contributed by atoms with Gasteiger partial charge in [0.1, 0.15) is 17.0 Å². The number of rotatable bonds is 6. The molecule has 0 spiro atoms. The van der Waals surface area contributed by atoms with E-state index in [0.29, 0.717) is 29.7 Å². The molecule has 2 aromatic rings. The average Bonchev–Trinajstić information content (AvgIpc) is 2.97. The van der Waals surface area contributed by atoms with Gasteiger partial charge in [0.2, 0.25) is 10.0 Å². The fourth-order valence-electron chi connectivity index (χ4n) is 2.36. The summed E-state index contributed by atoms with van der Waals surface area (Å²) in [7, 11) is -3.68. The lowest BCUT2D eigenvalue weighted by Crippen LogP contribution is -2.28. The lowest BCUT2D eigenvalue weighted by molar-refractivity contribution is 0.471. The van der Waals surface area contributed by atoms with Crippen molar-refractivity contribution in [3.05, 3.63) is 23.5 Å². The van der Waals surface area contributed by atoms with Crippen LogP contribution >= 0.6 is 0 Å². The van der Waals surface area contributed by atoms with Crippen LogP contribution in [0, 0.1) is 19.8 Å². The molecule has 0 bridgehead atoms. The van der Waals surface area contributed by atoms with Crippen LogP contribution in [-0.4, -0.2) is 33.4 Å². The largest absolute Gasteiger partial charge is 0.268 e. The van der Waals surface area contributed by atoms with Crippen molar-refractivity contribution in [3.8, 4) is 0 Å². The normalized spacial score (nSPS) is 13.7. The fraction of sp³-hybridized carbons (Fsp3) is 0.615. The molecule has 1 atom stereocenters.